The lowest BCUT2D eigenvalue weighted by Crippen LogP contribution is -2.31. The number of nitrogens with two attached hydrogens (primary N) is 1. The van der Waals surface area contributed by atoms with E-state index in [1.54, 1.807) is 7.11 Å². The summed E-state index contributed by atoms with van der Waals surface area (Å²) in [6, 6.07) is 5.95. The summed E-state index contributed by atoms with van der Waals surface area (Å²) >= 11 is 6.87. The predicted octanol–water partition coefficient (Wildman–Crippen LogP) is 2.36. The highest BCUT2D eigenvalue weighted by Gasteiger charge is 2.12. The molecule has 0 bridgehead atoms. The van der Waals surface area contributed by atoms with E-state index in [1.807, 2.05) is 18.2 Å². The van der Waals surface area contributed by atoms with Crippen molar-refractivity contribution >= 4 is 31.9 Å². The number of nitrogens with one attached hydrogen (secondary N) is 1. The minimum Gasteiger partial charge on any atom is -0.383 e. The zero-order chi connectivity index (χ0) is 10.6. The van der Waals surface area contributed by atoms with Gasteiger partial charge in [0, 0.05) is 16.1 Å². The SMILES string of the molecule is COCC(NN)c1ccc(Br)cc1Br. The Hall–Kier alpha value is 0.0600. The molecule has 1 aromatic carbocycles. The number of benzene rings is 1. The molecule has 1 atom stereocenters. The fourth-order valence-electron chi connectivity index (χ4n) is 1.18. The van der Waals surface area contributed by atoms with Crippen LogP contribution in [0.1, 0.15) is 11.6 Å². The maximum atomic E-state index is 5.44. The monoisotopic (exact) mass is 322 g/mol. The van der Waals surface area contributed by atoms with Gasteiger partial charge in [0.2, 0.25) is 0 Å². The van der Waals surface area contributed by atoms with E-state index in [0.29, 0.717) is 6.61 Å². The van der Waals surface area contributed by atoms with Crippen molar-refractivity contribution in [2.75, 3.05) is 13.7 Å². The molecule has 5 heteroatoms. The van der Waals surface area contributed by atoms with Gasteiger partial charge in [0.05, 0.1) is 12.6 Å². The largest absolute Gasteiger partial charge is 0.383 e. The molecule has 0 fully saturated rings. The number of hydrazine groups is 1. The third-order valence-corrected chi connectivity index (χ3v) is 3.05. The van der Waals surface area contributed by atoms with E-state index in [4.69, 9.17) is 10.6 Å². The van der Waals surface area contributed by atoms with Crippen LogP contribution in [0.3, 0.4) is 0 Å². The van der Waals surface area contributed by atoms with Crippen LogP contribution in [0.25, 0.3) is 0 Å². The van der Waals surface area contributed by atoms with Gasteiger partial charge < -0.3 is 4.74 Å². The van der Waals surface area contributed by atoms with E-state index in [-0.39, 0.29) is 6.04 Å². The second-order valence-corrected chi connectivity index (χ2v) is 4.61. The Kier molecular flexibility index (Phi) is 5.05. The first-order valence-corrected chi connectivity index (χ1v) is 5.67. The average molecular weight is 324 g/mol. The maximum Gasteiger partial charge on any atom is 0.0704 e. The molecule has 3 N–H and O–H groups in total. The van der Waals surface area contributed by atoms with Gasteiger partial charge in [-0.1, -0.05) is 37.9 Å². The molecule has 0 radical (unpaired) electrons. The second-order valence-electron chi connectivity index (χ2n) is 2.84. The van der Waals surface area contributed by atoms with Gasteiger partial charge in [0.15, 0.2) is 0 Å². The fourth-order valence-corrected chi connectivity index (χ4v) is 2.50. The first-order chi connectivity index (χ1) is 6.69. The Bertz CT molecular complexity index is 307. The maximum absolute atomic E-state index is 5.44. The van der Waals surface area contributed by atoms with Crippen LogP contribution in [0.4, 0.5) is 0 Å². The molecule has 0 spiro atoms. The third-order valence-electron chi connectivity index (χ3n) is 1.87. The van der Waals surface area contributed by atoms with Crippen molar-refractivity contribution in [3.05, 3.63) is 32.7 Å². The smallest absolute Gasteiger partial charge is 0.0704 e. The van der Waals surface area contributed by atoms with Gasteiger partial charge in [-0.3, -0.25) is 11.3 Å². The lowest BCUT2D eigenvalue weighted by Gasteiger charge is -2.16. The molecule has 0 heterocycles. The average Bonchev–Trinajstić information content (AvgIpc) is 2.15. The van der Waals surface area contributed by atoms with Crippen LogP contribution in [0.15, 0.2) is 27.1 Å². The summed E-state index contributed by atoms with van der Waals surface area (Å²) in [5.74, 6) is 5.44. The highest BCUT2D eigenvalue weighted by molar-refractivity contribution is 9.11. The van der Waals surface area contributed by atoms with Gasteiger partial charge in [0.1, 0.15) is 0 Å². The summed E-state index contributed by atoms with van der Waals surface area (Å²) in [5, 5.41) is 0. The number of halogens is 2. The van der Waals surface area contributed by atoms with Crippen LogP contribution < -0.4 is 11.3 Å². The van der Waals surface area contributed by atoms with Gasteiger partial charge in [-0.2, -0.15) is 0 Å². The summed E-state index contributed by atoms with van der Waals surface area (Å²) < 4.78 is 7.09. The molecular weight excluding hydrogens is 312 g/mol. The summed E-state index contributed by atoms with van der Waals surface area (Å²) in [6.07, 6.45) is 0. The number of ether oxygens (including phenoxy) is 1. The zero-order valence-corrected chi connectivity index (χ0v) is 10.9. The van der Waals surface area contributed by atoms with Crippen molar-refractivity contribution in [1.82, 2.24) is 5.43 Å². The minimum absolute atomic E-state index is 0.00229. The molecule has 0 aliphatic heterocycles. The molecular formula is C9H12Br2N2O. The van der Waals surface area contributed by atoms with E-state index in [0.717, 1.165) is 14.5 Å². The Morgan fingerprint density at radius 1 is 1.50 bits per heavy atom. The number of hydrogen-bond acceptors (Lipinski definition) is 3. The topological polar surface area (TPSA) is 47.3 Å². The van der Waals surface area contributed by atoms with Gasteiger partial charge >= 0.3 is 0 Å². The molecule has 0 aliphatic carbocycles. The summed E-state index contributed by atoms with van der Waals surface area (Å²) in [7, 11) is 1.65. The first-order valence-electron chi connectivity index (χ1n) is 4.09. The number of rotatable bonds is 4. The normalized spacial score (nSPS) is 12.9. The van der Waals surface area contributed by atoms with E-state index in [1.165, 1.54) is 0 Å². The molecule has 3 nitrogen and oxygen atoms in total. The Morgan fingerprint density at radius 3 is 2.71 bits per heavy atom. The molecule has 1 aromatic rings. The molecule has 0 saturated heterocycles. The number of methoxy groups -OCH3 is 1. The molecule has 0 aliphatic rings. The molecule has 1 unspecified atom stereocenters. The van der Waals surface area contributed by atoms with Gasteiger partial charge in [-0.15, -0.1) is 0 Å². The fraction of sp³-hybridized carbons (Fsp3) is 0.333. The molecule has 78 valence electrons. The summed E-state index contributed by atoms with van der Waals surface area (Å²) in [6.45, 7) is 0.538. The molecule has 0 saturated carbocycles. The lowest BCUT2D eigenvalue weighted by atomic mass is 10.1. The lowest BCUT2D eigenvalue weighted by molar-refractivity contribution is 0.167. The van der Waals surface area contributed by atoms with Crippen molar-refractivity contribution in [2.24, 2.45) is 5.84 Å². The Morgan fingerprint density at radius 2 is 2.21 bits per heavy atom. The van der Waals surface area contributed by atoms with E-state index in [9.17, 15) is 0 Å². The first kappa shape index (κ1) is 12.1. The van der Waals surface area contributed by atoms with Crippen molar-refractivity contribution in [1.29, 1.82) is 0 Å². The highest BCUT2D eigenvalue weighted by Crippen LogP contribution is 2.26. The minimum atomic E-state index is 0.00229. The van der Waals surface area contributed by atoms with E-state index < -0.39 is 0 Å². The van der Waals surface area contributed by atoms with Crippen LogP contribution in [0.2, 0.25) is 0 Å². The van der Waals surface area contributed by atoms with Crippen molar-refractivity contribution in [3.8, 4) is 0 Å². The Labute approximate surface area is 100 Å². The van der Waals surface area contributed by atoms with Crippen molar-refractivity contribution in [3.63, 3.8) is 0 Å². The van der Waals surface area contributed by atoms with Gasteiger partial charge in [-0.25, -0.2) is 0 Å². The number of hydrogen-bond donors (Lipinski definition) is 2. The van der Waals surface area contributed by atoms with E-state index >= 15 is 0 Å². The van der Waals surface area contributed by atoms with Gasteiger partial charge in [-0.05, 0) is 17.7 Å². The Balaban J connectivity index is 2.92. The van der Waals surface area contributed by atoms with Crippen molar-refractivity contribution in [2.45, 2.75) is 6.04 Å². The summed E-state index contributed by atoms with van der Waals surface area (Å²) in [4.78, 5) is 0. The highest BCUT2D eigenvalue weighted by atomic mass is 79.9. The molecule has 14 heavy (non-hydrogen) atoms. The van der Waals surface area contributed by atoms with Gasteiger partial charge in [0.25, 0.3) is 0 Å². The van der Waals surface area contributed by atoms with Crippen LogP contribution >= 0.6 is 31.9 Å². The molecule has 1 rings (SSSR count). The predicted molar refractivity (Wildman–Crippen MR) is 63.8 cm³/mol. The van der Waals surface area contributed by atoms with Crippen LogP contribution in [0.5, 0.6) is 0 Å². The van der Waals surface area contributed by atoms with E-state index in [2.05, 4.69) is 37.3 Å². The van der Waals surface area contributed by atoms with Crippen LogP contribution in [-0.2, 0) is 4.74 Å². The molecule has 0 aromatic heterocycles. The quantitative estimate of drug-likeness (QED) is 0.660. The van der Waals surface area contributed by atoms with Crippen LogP contribution in [0, 0.1) is 0 Å². The standard InChI is InChI=1S/C9H12Br2N2O/c1-14-5-9(13-12)7-3-2-6(10)4-8(7)11/h2-4,9,13H,5,12H2,1H3. The van der Waals surface area contributed by atoms with Crippen molar-refractivity contribution < 1.29 is 4.74 Å². The molecule has 0 amide bonds. The third kappa shape index (κ3) is 3.03. The second kappa shape index (κ2) is 5.82. The zero-order valence-electron chi connectivity index (χ0n) is 7.76. The summed E-state index contributed by atoms with van der Waals surface area (Å²) in [5.41, 5.74) is 3.79. The van der Waals surface area contributed by atoms with Crippen LogP contribution in [-0.4, -0.2) is 13.7 Å².